The Labute approximate surface area is 153 Å². The third-order valence-corrected chi connectivity index (χ3v) is 4.44. The molecule has 0 spiro atoms. The number of aliphatic carboxylic acids is 1. The topological polar surface area (TPSA) is 58.6 Å². The van der Waals surface area contributed by atoms with Crippen molar-refractivity contribution in [1.29, 1.82) is 0 Å². The Morgan fingerprint density at radius 1 is 0.846 bits per heavy atom. The quantitative estimate of drug-likeness (QED) is 0.641. The summed E-state index contributed by atoms with van der Waals surface area (Å²) in [5.41, 5.74) is 2.10. The predicted molar refractivity (Wildman–Crippen MR) is 101 cm³/mol. The van der Waals surface area contributed by atoms with Gasteiger partial charge in [-0.3, -0.25) is 10.1 Å². The van der Waals surface area contributed by atoms with Crippen LogP contribution in [0.2, 0.25) is 0 Å². The van der Waals surface area contributed by atoms with E-state index in [1.807, 2.05) is 84.9 Å². The van der Waals surface area contributed by atoms with Gasteiger partial charge in [-0.15, -0.1) is 0 Å². The van der Waals surface area contributed by atoms with Gasteiger partial charge in [-0.25, -0.2) is 0 Å². The number of carboxylic acids is 1. The molecule has 0 saturated heterocycles. The highest BCUT2D eigenvalue weighted by atomic mass is 16.5. The van der Waals surface area contributed by atoms with Crippen molar-refractivity contribution in [3.63, 3.8) is 0 Å². The number of methoxy groups -OCH3 is 1. The van der Waals surface area contributed by atoms with Crippen molar-refractivity contribution in [2.75, 3.05) is 13.7 Å². The lowest BCUT2D eigenvalue weighted by Crippen LogP contribution is -2.46. The molecule has 3 aromatic carbocycles. The average molecular weight is 347 g/mol. The maximum atomic E-state index is 11.4. The van der Waals surface area contributed by atoms with Crippen LogP contribution >= 0.6 is 0 Å². The normalized spacial score (nSPS) is 11.1. The van der Waals surface area contributed by atoms with E-state index in [2.05, 4.69) is 5.32 Å². The molecule has 4 nitrogen and oxygen atoms in total. The smallest absolute Gasteiger partial charge is 0.317 e. The molecule has 0 heterocycles. The van der Waals surface area contributed by atoms with Gasteiger partial charge >= 0.3 is 5.97 Å². The summed E-state index contributed by atoms with van der Waals surface area (Å²) in [5.74, 6) is -0.156. The molecule has 0 unspecified atom stereocenters. The summed E-state index contributed by atoms with van der Waals surface area (Å²) in [6, 6.07) is 27.5. The molecule has 4 heteroatoms. The van der Waals surface area contributed by atoms with Crippen LogP contribution in [0.15, 0.2) is 84.9 Å². The molecule has 132 valence electrons. The van der Waals surface area contributed by atoms with Crippen molar-refractivity contribution >= 4 is 5.97 Å². The van der Waals surface area contributed by atoms with E-state index in [4.69, 9.17) is 4.74 Å². The zero-order chi connectivity index (χ0) is 18.4. The van der Waals surface area contributed by atoms with Crippen LogP contribution in [0.5, 0.6) is 5.75 Å². The van der Waals surface area contributed by atoms with Crippen molar-refractivity contribution in [2.24, 2.45) is 0 Å². The summed E-state index contributed by atoms with van der Waals surface area (Å²) in [5, 5.41) is 12.6. The number of hydrogen-bond donors (Lipinski definition) is 2. The highest BCUT2D eigenvalue weighted by Crippen LogP contribution is 2.37. The second-order valence-corrected chi connectivity index (χ2v) is 5.96. The number of carbonyl (C=O) groups is 1. The molecule has 0 atom stereocenters. The number of benzene rings is 3. The predicted octanol–water partition coefficient (Wildman–Crippen LogP) is 3.66. The molecule has 0 radical (unpaired) electrons. The summed E-state index contributed by atoms with van der Waals surface area (Å²) in [6.45, 7) is -0.171. The zero-order valence-electron chi connectivity index (χ0n) is 14.6. The molecule has 0 bridgehead atoms. The molecule has 26 heavy (non-hydrogen) atoms. The monoisotopic (exact) mass is 347 g/mol. The van der Waals surface area contributed by atoms with Gasteiger partial charge in [-0.05, 0) is 28.8 Å². The minimum Gasteiger partial charge on any atom is -0.497 e. The minimum absolute atomic E-state index is 0.171. The van der Waals surface area contributed by atoms with Gasteiger partial charge in [0.05, 0.1) is 19.2 Å². The Balaban J connectivity index is 2.24. The van der Waals surface area contributed by atoms with Crippen molar-refractivity contribution in [3.8, 4) is 5.75 Å². The molecular weight excluding hydrogens is 326 g/mol. The Hall–Kier alpha value is -3.11. The van der Waals surface area contributed by atoms with Crippen molar-refractivity contribution in [1.82, 2.24) is 5.32 Å². The molecule has 0 fully saturated rings. The van der Waals surface area contributed by atoms with Crippen molar-refractivity contribution < 1.29 is 14.6 Å². The Kier molecular flexibility index (Phi) is 5.34. The maximum absolute atomic E-state index is 11.4. The van der Waals surface area contributed by atoms with Crippen LogP contribution in [-0.2, 0) is 10.3 Å². The van der Waals surface area contributed by atoms with E-state index in [1.165, 1.54) is 0 Å². The highest BCUT2D eigenvalue weighted by molar-refractivity contribution is 5.69. The van der Waals surface area contributed by atoms with E-state index in [-0.39, 0.29) is 6.54 Å². The fraction of sp³-hybridized carbons (Fsp3) is 0.136. The number of nitrogens with one attached hydrogen (secondary N) is 1. The fourth-order valence-corrected chi connectivity index (χ4v) is 3.23. The van der Waals surface area contributed by atoms with E-state index in [9.17, 15) is 9.90 Å². The van der Waals surface area contributed by atoms with Crippen molar-refractivity contribution in [2.45, 2.75) is 5.54 Å². The first-order valence-electron chi connectivity index (χ1n) is 8.39. The number of carboxylic acid groups (broad SMARTS) is 1. The second kappa shape index (κ2) is 7.85. The van der Waals surface area contributed by atoms with Gasteiger partial charge in [-0.1, -0.05) is 72.8 Å². The van der Waals surface area contributed by atoms with Crippen LogP contribution in [0.25, 0.3) is 0 Å². The lowest BCUT2D eigenvalue weighted by molar-refractivity contribution is -0.136. The molecule has 2 N–H and O–H groups in total. The van der Waals surface area contributed by atoms with Crippen LogP contribution < -0.4 is 10.1 Å². The Bertz CT molecular complexity index is 806. The lowest BCUT2D eigenvalue weighted by atomic mass is 9.77. The van der Waals surface area contributed by atoms with E-state index < -0.39 is 11.5 Å². The van der Waals surface area contributed by atoms with E-state index in [0.717, 1.165) is 22.4 Å². The van der Waals surface area contributed by atoms with Gasteiger partial charge in [0.2, 0.25) is 0 Å². The average Bonchev–Trinajstić information content (AvgIpc) is 2.70. The highest BCUT2D eigenvalue weighted by Gasteiger charge is 2.36. The largest absolute Gasteiger partial charge is 0.497 e. The second-order valence-electron chi connectivity index (χ2n) is 5.96. The van der Waals surface area contributed by atoms with Gasteiger partial charge in [0, 0.05) is 0 Å². The standard InChI is InChI=1S/C22H21NO3/c1-26-20-14-12-19(13-15-20)22(23-16-21(24)25,17-8-4-2-5-9-17)18-10-6-3-7-11-18/h2-15,23H,16H2,1H3,(H,24,25). The van der Waals surface area contributed by atoms with Gasteiger partial charge in [0.1, 0.15) is 5.75 Å². The third-order valence-electron chi connectivity index (χ3n) is 4.44. The molecule has 3 rings (SSSR count). The molecule has 0 amide bonds. The first-order valence-corrected chi connectivity index (χ1v) is 8.39. The Morgan fingerprint density at radius 3 is 1.73 bits per heavy atom. The summed E-state index contributed by atoms with van der Waals surface area (Å²) in [4.78, 5) is 11.4. The maximum Gasteiger partial charge on any atom is 0.317 e. The zero-order valence-corrected chi connectivity index (χ0v) is 14.6. The van der Waals surface area contributed by atoms with Gasteiger partial charge in [0.15, 0.2) is 0 Å². The summed E-state index contributed by atoms with van der Waals surface area (Å²) >= 11 is 0. The van der Waals surface area contributed by atoms with E-state index in [1.54, 1.807) is 7.11 Å². The molecular formula is C22H21NO3. The third kappa shape index (κ3) is 3.46. The van der Waals surface area contributed by atoms with Gasteiger partial charge in [-0.2, -0.15) is 0 Å². The molecule has 0 aliphatic heterocycles. The molecule has 0 aromatic heterocycles. The number of hydrogen-bond acceptors (Lipinski definition) is 3. The van der Waals surface area contributed by atoms with Crippen LogP contribution in [0, 0.1) is 0 Å². The van der Waals surface area contributed by atoms with Crippen LogP contribution in [0.1, 0.15) is 16.7 Å². The molecule has 0 aliphatic carbocycles. The van der Waals surface area contributed by atoms with Gasteiger partial charge in [0.25, 0.3) is 0 Å². The first kappa shape index (κ1) is 17.7. The number of rotatable bonds is 7. The summed E-state index contributed by atoms with van der Waals surface area (Å²) in [6.07, 6.45) is 0. The van der Waals surface area contributed by atoms with Crippen LogP contribution in [-0.4, -0.2) is 24.7 Å². The first-order chi connectivity index (χ1) is 12.7. The fourth-order valence-electron chi connectivity index (χ4n) is 3.23. The summed E-state index contributed by atoms with van der Waals surface area (Å²) in [7, 11) is 1.62. The number of ether oxygens (including phenoxy) is 1. The molecule has 3 aromatic rings. The molecule has 0 saturated carbocycles. The van der Waals surface area contributed by atoms with Crippen molar-refractivity contribution in [3.05, 3.63) is 102 Å². The lowest BCUT2D eigenvalue weighted by Gasteiger charge is -2.36. The SMILES string of the molecule is COc1ccc(C(NCC(=O)O)(c2ccccc2)c2ccccc2)cc1. The van der Waals surface area contributed by atoms with Gasteiger partial charge < -0.3 is 9.84 Å². The Morgan fingerprint density at radius 2 is 1.31 bits per heavy atom. The van der Waals surface area contributed by atoms with Crippen LogP contribution in [0.3, 0.4) is 0 Å². The van der Waals surface area contributed by atoms with E-state index >= 15 is 0 Å². The minimum atomic E-state index is -0.908. The summed E-state index contributed by atoms with van der Waals surface area (Å²) < 4.78 is 5.28. The van der Waals surface area contributed by atoms with Crippen LogP contribution in [0.4, 0.5) is 0 Å². The molecule has 0 aliphatic rings. The van der Waals surface area contributed by atoms with E-state index in [0.29, 0.717) is 0 Å².